The molecule has 0 aromatic carbocycles. The fourth-order valence-electron chi connectivity index (χ4n) is 0.892. The third-order valence-electron chi connectivity index (χ3n) is 2.01. The van der Waals surface area contributed by atoms with Crippen LogP contribution in [-0.4, -0.2) is 35.5 Å². The second-order valence-electron chi connectivity index (χ2n) is 3.82. The molecule has 0 unspecified atom stereocenters. The molecular weight excluding hydrogens is 242 g/mol. The third-order valence-corrected chi connectivity index (χ3v) is 2.01. The van der Waals surface area contributed by atoms with Crippen LogP contribution in [0.15, 0.2) is 28.0 Å². The maximum atomic E-state index is 11.5. The van der Waals surface area contributed by atoms with E-state index in [1.54, 1.807) is 6.07 Å². The van der Waals surface area contributed by atoms with Gasteiger partial charge in [0.1, 0.15) is 0 Å². The van der Waals surface area contributed by atoms with Crippen molar-refractivity contribution < 1.29 is 28.7 Å². The first-order valence-corrected chi connectivity index (χ1v) is 5.00. The molecule has 0 saturated carbocycles. The zero-order chi connectivity index (χ0) is 13.8. The van der Waals surface area contributed by atoms with E-state index in [2.05, 4.69) is 9.89 Å². The molecule has 1 aromatic heterocycles. The van der Waals surface area contributed by atoms with E-state index >= 15 is 0 Å². The molecule has 0 radical (unpaired) electrons. The molecule has 98 valence electrons. The van der Waals surface area contributed by atoms with Crippen molar-refractivity contribution in [2.75, 3.05) is 7.11 Å². The first-order chi connectivity index (χ1) is 8.38. The quantitative estimate of drug-likeness (QED) is 0.479. The number of carbonyl (C=O) groups is 2. The zero-order valence-corrected chi connectivity index (χ0v) is 10.2. The number of methoxy groups -OCH3 is 1. The summed E-state index contributed by atoms with van der Waals surface area (Å²) in [5, 5.41) is 12.3. The van der Waals surface area contributed by atoms with E-state index in [1.165, 1.54) is 33.3 Å². The summed E-state index contributed by atoms with van der Waals surface area (Å²) in [7, 11) is 1.17. The minimum Gasteiger partial charge on any atom is -0.478 e. The Morgan fingerprint density at radius 2 is 2.11 bits per heavy atom. The Labute approximate surface area is 103 Å². The van der Waals surface area contributed by atoms with Crippen molar-refractivity contribution in [3.05, 3.63) is 24.2 Å². The van der Waals surface area contributed by atoms with Gasteiger partial charge in [0.25, 0.3) is 0 Å². The van der Waals surface area contributed by atoms with Gasteiger partial charge in [-0.25, -0.2) is 9.59 Å². The number of furan rings is 1. The van der Waals surface area contributed by atoms with Gasteiger partial charge in [-0.1, -0.05) is 5.16 Å². The second kappa shape index (κ2) is 5.35. The fraction of sp³-hybridized carbons (Fsp3) is 0.364. The number of carbonyl (C=O) groups excluding carboxylic acids is 1. The number of nitrogens with zero attached hydrogens (tertiary/aromatic N) is 1. The summed E-state index contributed by atoms with van der Waals surface area (Å²) in [6, 6.07) is 3.03. The normalized spacial score (nSPS) is 12.1. The molecule has 0 aliphatic rings. The summed E-state index contributed by atoms with van der Waals surface area (Å²) in [5.41, 5.74) is -1.80. The molecule has 1 aromatic rings. The molecule has 7 heteroatoms. The smallest absolute Gasteiger partial charge is 0.364 e. The van der Waals surface area contributed by atoms with Crippen LogP contribution in [0.5, 0.6) is 0 Å². The lowest BCUT2D eigenvalue weighted by Crippen LogP contribution is -2.34. The summed E-state index contributed by atoms with van der Waals surface area (Å²) in [4.78, 5) is 27.1. The van der Waals surface area contributed by atoms with Gasteiger partial charge in [-0.2, -0.15) is 0 Å². The van der Waals surface area contributed by atoms with E-state index in [4.69, 9.17) is 14.4 Å². The predicted octanol–water partition coefficient (Wildman–Crippen LogP) is 1.04. The molecule has 0 bridgehead atoms. The van der Waals surface area contributed by atoms with Crippen LogP contribution in [0.1, 0.15) is 19.6 Å². The molecule has 0 saturated heterocycles. The van der Waals surface area contributed by atoms with Crippen molar-refractivity contribution in [2.24, 2.45) is 5.16 Å². The van der Waals surface area contributed by atoms with Crippen LogP contribution >= 0.6 is 0 Å². The second-order valence-corrected chi connectivity index (χ2v) is 3.82. The van der Waals surface area contributed by atoms with Crippen molar-refractivity contribution in [2.45, 2.75) is 19.4 Å². The van der Waals surface area contributed by atoms with Gasteiger partial charge < -0.3 is 19.1 Å². The largest absolute Gasteiger partial charge is 0.478 e. The number of esters is 1. The molecule has 1 rings (SSSR count). The minimum atomic E-state index is -1.56. The highest BCUT2D eigenvalue weighted by atomic mass is 16.7. The van der Waals surface area contributed by atoms with Gasteiger partial charge in [0.15, 0.2) is 5.76 Å². The Morgan fingerprint density at radius 3 is 2.56 bits per heavy atom. The van der Waals surface area contributed by atoms with Crippen LogP contribution in [-0.2, 0) is 19.2 Å². The van der Waals surface area contributed by atoms with Crippen molar-refractivity contribution in [1.82, 2.24) is 0 Å². The van der Waals surface area contributed by atoms with E-state index < -0.39 is 17.5 Å². The van der Waals surface area contributed by atoms with Crippen molar-refractivity contribution in [3.63, 3.8) is 0 Å². The van der Waals surface area contributed by atoms with Gasteiger partial charge in [-0.15, -0.1) is 0 Å². The SMILES string of the molecule is COC(=O)/C(=N\OC(C)(C)C(=O)O)c1ccco1. The summed E-state index contributed by atoms with van der Waals surface area (Å²) in [5.74, 6) is -1.87. The van der Waals surface area contributed by atoms with Gasteiger partial charge >= 0.3 is 11.9 Å². The molecule has 0 atom stereocenters. The van der Waals surface area contributed by atoms with E-state index in [0.717, 1.165) is 0 Å². The lowest BCUT2D eigenvalue weighted by Gasteiger charge is -2.16. The first kappa shape index (κ1) is 13.8. The Hall–Kier alpha value is -2.31. The molecule has 0 aliphatic carbocycles. The Morgan fingerprint density at radius 1 is 1.44 bits per heavy atom. The number of carboxylic acid groups (broad SMARTS) is 1. The Kier molecular flexibility index (Phi) is 4.09. The highest BCUT2D eigenvalue weighted by Gasteiger charge is 2.31. The van der Waals surface area contributed by atoms with Crippen LogP contribution in [0.4, 0.5) is 0 Å². The number of oxime groups is 1. The van der Waals surface area contributed by atoms with Crippen LogP contribution < -0.4 is 0 Å². The molecule has 18 heavy (non-hydrogen) atoms. The van der Waals surface area contributed by atoms with Crippen LogP contribution in [0.2, 0.25) is 0 Å². The molecule has 0 amide bonds. The Bertz CT molecular complexity index is 460. The molecular formula is C11H13NO6. The monoisotopic (exact) mass is 255 g/mol. The lowest BCUT2D eigenvalue weighted by atomic mass is 10.1. The summed E-state index contributed by atoms with van der Waals surface area (Å²) in [6.07, 6.45) is 1.34. The average Bonchev–Trinajstić information content (AvgIpc) is 2.82. The van der Waals surface area contributed by atoms with Gasteiger partial charge in [-0.3, -0.25) is 0 Å². The van der Waals surface area contributed by atoms with Crippen LogP contribution in [0, 0.1) is 0 Å². The number of carboxylic acids is 1. The van der Waals surface area contributed by atoms with E-state index in [-0.39, 0.29) is 11.5 Å². The summed E-state index contributed by atoms with van der Waals surface area (Å²) < 4.78 is 9.49. The van der Waals surface area contributed by atoms with Gasteiger partial charge in [0.05, 0.1) is 13.4 Å². The lowest BCUT2D eigenvalue weighted by molar-refractivity contribution is -0.161. The van der Waals surface area contributed by atoms with Crippen molar-refractivity contribution >= 4 is 17.7 Å². The highest BCUT2D eigenvalue weighted by molar-refractivity contribution is 6.42. The molecule has 7 nitrogen and oxygen atoms in total. The van der Waals surface area contributed by atoms with Crippen molar-refractivity contribution in [3.8, 4) is 0 Å². The fourth-order valence-corrected chi connectivity index (χ4v) is 0.892. The summed E-state index contributed by atoms with van der Waals surface area (Å²) >= 11 is 0. The van der Waals surface area contributed by atoms with Gasteiger partial charge in [0, 0.05) is 0 Å². The topological polar surface area (TPSA) is 98.3 Å². The highest BCUT2D eigenvalue weighted by Crippen LogP contribution is 2.12. The standard InChI is InChI=1S/C11H13NO6/c1-11(2,10(14)15)18-12-8(9(13)16-3)7-5-4-6-17-7/h4-6H,1-3H3,(H,14,15)/b12-8-. The molecule has 0 fully saturated rings. The molecule has 0 aliphatic heterocycles. The number of aliphatic carboxylic acids is 1. The predicted molar refractivity (Wildman–Crippen MR) is 60.1 cm³/mol. The van der Waals surface area contributed by atoms with Gasteiger partial charge in [-0.05, 0) is 26.0 Å². The average molecular weight is 255 g/mol. The number of ether oxygens (including phenoxy) is 1. The molecule has 1 N–H and O–H groups in total. The number of rotatable bonds is 5. The third kappa shape index (κ3) is 3.09. The van der Waals surface area contributed by atoms with Crippen LogP contribution in [0.3, 0.4) is 0 Å². The summed E-state index contributed by atoms with van der Waals surface area (Å²) in [6.45, 7) is 2.60. The number of hydrogen-bond acceptors (Lipinski definition) is 6. The van der Waals surface area contributed by atoms with E-state index in [0.29, 0.717) is 0 Å². The first-order valence-electron chi connectivity index (χ1n) is 5.00. The van der Waals surface area contributed by atoms with Gasteiger partial charge in [0.2, 0.25) is 11.3 Å². The minimum absolute atomic E-state index is 0.128. The van der Waals surface area contributed by atoms with Crippen molar-refractivity contribution in [1.29, 1.82) is 0 Å². The van der Waals surface area contributed by atoms with E-state index in [1.807, 2.05) is 0 Å². The maximum absolute atomic E-state index is 11.5. The molecule has 0 spiro atoms. The van der Waals surface area contributed by atoms with Crippen LogP contribution in [0.25, 0.3) is 0 Å². The Balaban J connectivity index is 2.99. The number of hydrogen-bond donors (Lipinski definition) is 1. The maximum Gasteiger partial charge on any atom is 0.364 e. The van der Waals surface area contributed by atoms with E-state index in [9.17, 15) is 9.59 Å². The zero-order valence-electron chi connectivity index (χ0n) is 10.2. The molecule has 1 heterocycles.